The lowest BCUT2D eigenvalue weighted by atomic mass is 9.93. The summed E-state index contributed by atoms with van der Waals surface area (Å²) >= 11 is 0. The van der Waals surface area contributed by atoms with Gasteiger partial charge in [0.1, 0.15) is 6.61 Å². The second-order valence-electron chi connectivity index (χ2n) is 11.4. The zero-order valence-electron chi connectivity index (χ0n) is 25.7. The van der Waals surface area contributed by atoms with E-state index >= 15 is 0 Å². The molecule has 1 unspecified atom stereocenters. The fourth-order valence-corrected chi connectivity index (χ4v) is 5.15. The maximum Gasteiger partial charge on any atom is 0.407 e. The summed E-state index contributed by atoms with van der Waals surface area (Å²) in [5.41, 5.74) is 3.11. The van der Waals surface area contributed by atoms with Crippen molar-refractivity contribution in [3.63, 3.8) is 0 Å². The Labute approximate surface area is 240 Å². The lowest BCUT2D eigenvalue weighted by molar-refractivity contribution is -0.110. The molecule has 0 saturated carbocycles. The molecule has 0 spiro atoms. The molecule has 1 aromatic carbocycles. The molecule has 0 aromatic heterocycles. The summed E-state index contributed by atoms with van der Waals surface area (Å²) in [6.07, 6.45) is 22.3. The van der Waals surface area contributed by atoms with Crippen molar-refractivity contribution < 1.29 is 14.3 Å². The molecule has 2 amide bonds. The van der Waals surface area contributed by atoms with Crippen molar-refractivity contribution in [3.8, 4) is 0 Å². The SMILES string of the molecule is CCCCCCCCCCCCCCCCCC(NC=O)c1cccc(C)c1COC(=O)NCCCN(C)C. The number of alkyl carbamates (subject to hydrolysis) is 1. The van der Waals surface area contributed by atoms with Gasteiger partial charge in [0.15, 0.2) is 0 Å². The van der Waals surface area contributed by atoms with Crippen LogP contribution < -0.4 is 10.6 Å². The van der Waals surface area contributed by atoms with Crippen LogP contribution in [0.4, 0.5) is 4.79 Å². The molecule has 0 radical (unpaired) electrons. The van der Waals surface area contributed by atoms with Crippen LogP contribution in [0.25, 0.3) is 0 Å². The highest BCUT2D eigenvalue weighted by molar-refractivity contribution is 5.67. The number of ether oxygens (including phenoxy) is 1. The number of rotatable bonds is 25. The highest BCUT2D eigenvalue weighted by Gasteiger charge is 2.17. The molecule has 39 heavy (non-hydrogen) atoms. The standard InChI is InChI=1S/C33H59N3O3/c1-5-6-7-8-9-10-11-12-13-14-15-16-17-18-19-24-32(35-28-37)30-23-20-22-29(2)31(30)27-39-33(38)34-25-21-26-36(3)4/h20,22-23,28,32H,5-19,21,24-27H2,1-4H3,(H,34,38)(H,35,37). The van der Waals surface area contributed by atoms with Crippen molar-refractivity contribution >= 4 is 12.5 Å². The predicted octanol–water partition coefficient (Wildman–Crippen LogP) is 8.22. The average molecular weight is 546 g/mol. The Morgan fingerprint density at radius 3 is 1.97 bits per heavy atom. The molecule has 1 atom stereocenters. The summed E-state index contributed by atoms with van der Waals surface area (Å²) in [7, 11) is 4.03. The first-order valence-electron chi connectivity index (χ1n) is 15.8. The van der Waals surface area contributed by atoms with E-state index in [4.69, 9.17) is 4.74 Å². The summed E-state index contributed by atoms with van der Waals surface area (Å²) in [5.74, 6) is 0. The molecule has 0 heterocycles. The third-order valence-corrected chi connectivity index (χ3v) is 7.59. The maximum absolute atomic E-state index is 12.2. The van der Waals surface area contributed by atoms with Crippen LogP contribution in [0.2, 0.25) is 0 Å². The molecular formula is C33H59N3O3. The lowest BCUT2D eigenvalue weighted by Crippen LogP contribution is -2.28. The molecule has 0 bridgehead atoms. The number of unbranched alkanes of at least 4 members (excludes halogenated alkanes) is 14. The Morgan fingerprint density at radius 1 is 0.872 bits per heavy atom. The van der Waals surface area contributed by atoms with Crippen molar-refractivity contribution in [2.45, 2.75) is 136 Å². The highest BCUT2D eigenvalue weighted by atomic mass is 16.5. The molecule has 0 fully saturated rings. The van der Waals surface area contributed by atoms with Gasteiger partial charge in [-0.15, -0.1) is 0 Å². The number of nitrogens with one attached hydrogen (secondary N) is 2. The Kier molecular flexibility index (Phi) is 21.3. The van der Waals surface area contributed by atoms with E-state index in [1.807, 2.05) is 39.2 Å². The summed E-state index contributed by atoms with van der Waals surface area (Å²) in [6, 6.07) is 6.03. The minimum Gasteiger partial charge on any atom is -0.445 e. The Hall–Kier alpha value is -2.08. The van der Waals surface area contributed by atoms with Gasteiger partial charge in [0.2, 0.25) is 6.41 Å². The van der Waals surface area contributed by atoms with Gasteiger partial charge in [-0.2, -0.15) is 0 Å². The van der Waals surface area contributed by atoms with Crippen molar-refractivity contribution in [1.29, 1.82) is 0 Å². The van der Waals surface area contributed by atoms with Crippen molar-refractivity contribution in [3.05, 3.63) is 34.9 Å². The molecule has 1 aromatic rings. The minimum absolute atomic E-state index is 0.0638. The fourth-order valence-electron chi connectivity index (χ4n) is 5.15. The van der Waals surface area contributed by atoms with E-state index in [0.29, 0.717) is 6.54 Å². The van der Waals surface area contributed by atoms with Crippen LogP contribution in [-0.2, 0) is 16.1 Å². The summed E-state index contributed by atoms with van der Waals surface area (Å²) in [6.45, 7) is 6.02. The summed E-state index contributed by atoms with van der Waals surface area (Å²) < 4.78 is 5.54. The van der Waals surface area contributed by atoms with Gasteiger partial charge in [0.05, 0.1) is 6.04 Å². The van der Waals surface area contributed by atoms with Gasteiger partial charge in [-0.25, -0.2) is 4.79 Å². The molecule has 0 aliphatic carbocycles. The molecule has 1 rings (SSSR count). The smallest absolute Gasteiger partial charge is 0.407 e. The van der Waals surface area contributed by atoms with Crippen LogP contribution >= 0.6 is 0 Å². The van der Waals surface area contributed by atoms with Gasteiger partial charge in [-0.05, 0) is 57.1 Å². The number of aryl methyl sites for hydroxylation is 1. The molecule has 224 valence electrons. The zero-order valence-corrected chi connectivity index (χ0v) is 25.7. The molecule has 0 aliphatic rings. The van der Waals surface area contributed by atoms with Crippen molar-refractivity contribution in [2.75, 3.05) is 27.2 Å². The van der Waals surface area contributed by atoms with Gasteiger partial charge in [0.25, 0.3) is 0 Å². The second kappa shape index (κ2) is 23.8. The monoisotopic (exact) mass is 545 g/mol. The van der Waals surface area contributed by atoms with Crippen LogP contribution in [0, 0.1) is 6.92 Å². The van der Waals surface area contributed by atoms with Crippen LogP contribution in [0.3, 0.4) is 0 Å². The van der Waals surface area contributed by atoms with Crippen LogP contribution in [0.1, 0.15) is 139 Å². The van der Waals surface area contributed by atoms with Gasteiger partial charge in [0, 0.05) is 6.54 Å². The van der Waals surface area contributed by atoms with Crippen LogP contribution in [0.5, 0.6) is 0 Å². The van der Waals surface area contributed by atoms with Gasteiger partial charge >= 0.3 is 6.09 Å². The van der Waals surface area contributed by atoms with E-state index in [1.165, 1.54) is 89.9 Å². The largest absolute Gasteiger partial charge is 0.445 e. The first kappa shape index (κ1) is 34.9. The zero-order chi connectivity index (χ0) is 28.6. The van der Waals surface area contributed by atoms with Crippen molar-refractivity contribution in [1.82, 2.24) is 15.5 Å². The normalized spacial score (nSPS) is 11.9. The first-order chi connectivity index (χ1) is 19.0. The molecule has 0 aliphatic heterocycles. The lowest BCUT2D eigenvalue weighted by Gasteiger charge is -2.21. The van der Waals surface area contributed by atoms with Crippen LogP contribution in [0.15, 0.2) is 18.2 Å². The van der Waals surface area contributed by atoms with Crippen molar-refractivity contribution in [2.24, 2.45) is 0 Å². The molecule has 0 saturated heterocycles. The van der Waals surface area contributed by atoms with E-state index in [2.05, 4.69) is 22.5 Å². The number of nitrogens with zero attached hydrogens (tertiary/aromatic N) is 1. The second-order valence-corrected chi connectivity index (χ2v) is 11.4. The van der Waals surface area contributed by atoms with Crippen LogP contribution in [-0.4, -0.2) is 44.6 Å². The average Bonchev–Trinajstić information content (AvgIpc) is 2.91. The van der Waals surface area contributed by atoms with E-state index in [-0.39, 0.29) is 12.6 Å². The van der Waals surface area contributed by atoms with Gasteiger partial charge in [-0.3, -0.25) is 4.79 Å². The molecular weight excluding hydrogens is 486 g/mol. The fraction of sp³-hybridized carbons (Fsp3) is 0.758. The third-order valence-electron chi connectivity index (χ3n) is 7.59. The topological polar surface area (TPSA) is 70.7 Å². The summed E-state index contributed by atoms with van der Waals surface area (Å²) in [5, 5.41) is 5.84. The van der Waals surface area contributed by atoms with E-state index in [1.54, 1.807) is 0 Å². The number of carbonyl (C=O) groups excluding carboxylic acids is 2. The minimum atomic E-state index is -0.398. The first-order valence-corrected chi connectivity index (χ1v) is 15.8. The van der Waals surface area contributed by atoms with E-state index in [9.17, 15) is 9.59 Å². The highest BCUT2D eigenvalue weighted by Crippen LogP contribution is 2.26. The Bertz CT molecular complexity index is 754. The number of carbonyl (C=O) groups is 2. The Balaban J connectivity index is 2.31. The summed E-state index contributed by atoms with van der Waals surface area (Å²) in [4.78, 5) is 25.7. The van der Waals surface area contributed by atoms with E-state index < -0.39 is 6.09 Å². The van der Waals surface area contributed by atoms with E-state index in [0.717, 1.165) is 48.9 Å². The number of amides is 2. The molecule has 6 nitrogen and oxygen atoms in total. The van der Waals surface area contributed by atoms with Gasteiger partial charge in [-0.1, -0.05) is 121 Å². The number of benzene rings is 1. The third kappa shape index (κ3) is 18.0. The maximum atomic E-state index is 12.2. The molecule has 6 heteroatoms. The predicted molar refractivity (Wildman–Crippen MR) is 164 cm³/mol. The Morgan fingerprint density at radius 2 is 1.44 bits per heavy atom. The molecule has 2 N–H and O–H groups in total. The quantitative estimate of drug-likeness (QED) is 0.0959. The number of hydrogen-bond donors (Lipinski definition) is 2. The number of hydrogen-bond acceptors (Lipinski definition) is 4. The van der Waals surface area contributed by atoms with Gasteiger partial charge < -0.3 is 20.3 Å².